The molecule has 1 aliphatic rings. The third kappa shape index (κ3) is 4.85. The normalized spacial score (nSPS) is 27.0. The molecule has 124 valence electrons. The molecule has 2 unspecified atom stereocenters. The average molecular weight is 310 g/mol. The molecule has 0 heterocycles. The Morgan fingerprint density at radius 1 is 1.38 bits per heavy atom. The molecule has 0 spiro atoms. The zero-order valence-electron chi connectivity index (χ0n) is 12.7. The molecule has 0 aliphatic heterocycles. The van der Waals surface area contributed by atoms with Crippen LogP contribution in [0.5, 0.6) is 0 Å². The number of nitrogens with zero attached hydrogens (tertiary/aromatic N) is 1. The van der Waals surface area contributed by atoms with Gasteiger partial charge in [-0.2, -0.15) is 13.2 Å². The maximum atomic E-state index is 12.9. The molecule has 0 aromatic rings. The maximum absolute atomic E-state index is 12.9. The van der Waals surface area contributed by atoms with Gasteiger partial charge in [-0.05, 0) is 32.4 Å². The Balaban J connectivity index is 2.68. The Bertz CT molecular complexity index is 346. The highest BCUT2D eigenvalue weighted by Crippen LogP contribution is 2.41. The van der Waals surface area contributed by atoms with Gasteiger partial charge < -0.3 is 15.3 Å². The van der Waals surface area contributed by atoms with Crippen LogP contribution >= 0.6 is 0 Å². The van der Waals surface area contributed by atoms with Crippen molar-refractivity contribution >= 4 is 5.97 Å². The van der Waals surface area contributed by atoms with Crippen LogP contribution in [-0.4, -0.2) is 53.9 Å². The molecule has 4 nitrogen and oxygen atoms in total. The third-order valence-electron chi connectivity index (χ3n) is 4.41. The summed E-state index contributed by atoms with van der Waals surface area (Å²) in [6, 6.07) is 0. The molecule has 0 amide bonds. The molecule has 1 rings (SSSR count). The quantitative estimate of drug-likeness (QED) is 0.758. The van der Waals surface area contributed by atoms with Gasteiger partial charge in [0, 0.05) is 13.1 Å². The summed E-state index contributed by atoms with van der Waals surface area (Å²) >= 11 is 0. The van der Waals surface area contributed by atoms with Crippen molar-refractivity contribution in [3.8, 4) is 0 Å². The summed E-state index contributed by atoms with van der Waals surface area (Å²) in [6.07, 6.45) is -4.12. The number of carboxylic acids is 1. The van der Waals surface area contributed by atoms with Crippen LogP contribution in [0.25, 0.3) is 0 Å². The Hall–Kier alpha value is -0.820. The topological polar surface area (TPSA) is 52.6 Å². The molecular weight excluding hydrogens is 285 g/mol. The van der Waals surface area contributed by atoms with Crippen LogP contribution in [0.15, 0.2) is 0 Å². The van der Waals surface area contributed by atoms with Gasteiger partial charge in [-0.15, -0.1) is 0 Å². The smallest absolute Gasteiger partial charge is 0.391 e. The van der Waals surface area contributed by atoms with Gasteiger partial charge in [0.2, 0.25) is 0 Å². The van der Waals surface area contributed by atoms with Gasteiger partial charge in [0.15, 0.2) is 0 Å². The zero-order chi connectivity index (χ0) is 16.1. The summed E-state index contributed by atoms with van der Waals surface area (Å²) in [5, 5.41) is 12.3. The van der Waals surface area contributed by atoms with Crippen LogP contribution in [0.3, 0.4) is 0 Å². The summed E-state index contributed by atoms with van der Waals surface area (Å²) in [6.45, 7) is 6.69. The summed E-state index contributed by atoms with van der Waals surface area (Å²) in [5.74, 6) is -2.70. The number of rotatable bonds is 7. The molecule has 7 heteroatoms. The van der Waals surface area contributed by atoms with Crippen molar-refractivity contribution in [3.05, 3.63) is 0 Å². The molecule has 0 radical (unpaired) electrons. The van der Waals surface area contributed by atoms with Gasteiger partial charge in [-0.1, -0.05) is 20.3 Å². The summed E-state index contributed by atoms with van der Waals surface area (Å²) in [7, 11) is 0. The molecule has 1 fully saturated rings. The van der Waals surface area contributed by atoms with Crippen LogP contribution in [0.2, 0.25) is 0 Å². The fraction of sp³-hybridized carbons (Fsp3) is 0.929. The number of likely N-dealkylation sites (N-methyl/N-ethyl adjacent to an activating group) is 1. The highest BCUT2D eigenvalue weighted by atomic mass is 19.4. The molecule has 0 saturated heterocycles. The Labute approximate surface area is 123 Å². The lowest BCUT2D eigenvalue weighted by Crippen LogP contribution is -2.57. The molecule has 21 heavy (non-hydrogen) atoms. The molecule has 0 aromatic heterocycles. The van der Waals surface area contributed by atoms with E-state index in [1.165, 1.54) is 0 Å². The monoisotopic (exact) mass is 310 g/mol. The van der Waals surface area contributed by atoms with Crippen molar-refractivity contribution in [2.24, 2.45) is 5.92 Å². The van der Waals surface area contributed by atoms with E-state index >= 15 is 0 Å². The van der Waals surface area contributed by atoms with Crippen molar-refractivity contribution in [2.45, 2.75) is 51.2 Å². The van der Waals surface area contributed by atoms with E-state index in [0.29, 0.717) is 13.1 Å². The van der Waals surface area contributed by atoms with E-state index in [1.54, 1.807) is 0 Å². The van der Waals surface area contributed by atoms with Gasteiger partial charge in [0.25, 0.3) is 0 Å². The van der Waals surface area contributed by atoms with Crippen molar-refractivity contribution in [3.63, 3.8) is 0 Å². The van der Waals surface area contributed by atoms with Crippen LogP contribution < -0.4 is 5.32 Å². The molecule has 2 N–H and O–H groups in total. The lowest BCUT2D eigenvalue weighted by molar-refractivity contribution is -0.191. The minimum atomic E-state index is -4.32. The highest BCUT2D eigenvalue weighted by molar-refractivity contribution is 5.79. The molecular formula is C14H25F3N2O2. The van der Waals surface area contributed by atoms with Crippen molar-refractivity contribution in [1.29, 1.82) is 0 Å². The summed E-state index contributed by atoms with van der Waals surface area (Å²) < 4.78 is 38.6. The van der Waals surface area contributed by atoms with Crippen LogP contribution in [0.1, 0.15) is 39.5 Å². The number of halogens is 3. The Morgan fingerprint density at radius 2 is 2.00 bits per heavy atom. The first-order valence-corrected chi connectivity index (χ1v) is 7.52. The molecule has 1 saturated carbocycles. The second kappa shape index (κ2) is 7.45. The number of hydrogen-bond donors (Lipinski definition) is 2. The fourth-order valence-electron chi connectivity index (χ4n) is 2.98. The first kappa shape index (κ1) is 18.2. The van der Waals surface area contributed by atoms with Crippen LogP contribution in [0, 0.1) is 5.92 Å². The van der Waals surface area contributed by atoms with Gasteiger partial charge in [-0.3, -0.25) is 4.79 Å². The largest absolute Gasteiger partial charge is 0.480 e. The lowest BCUT2D eigenvalue weighted by Gasteiger charge is -2.39. The van der Waals surface area contributed by atoms with Crippen molar-refractivity contribution in [2.75, 3.05) is 26.2 Å². The number of carboxylic acid groups (broad SMARTS) is 1. The fourth-order valence-corrected chi connectivity index (χ4v) is 2.98. The van der Waals surface area contributed by atoms with Crippen LogP contribution in [-0.2, 0) is 4.79 Å². The van der Waals surface area contributed by atoms with Gasteiger partial charge >= 0.3 is 12.1 Å². The first-order chi connectivity index (χ1) is 9.75. The highest BCUT2D eigenvalue weighted by Gasteiger charge is 2.50. The second-order valence-corrected chi connectivity index (χ2v) is 5.68. The van der Waals surface area contributed by atoms with E-state index in [0.717, 1.165) is 13.1 Å². The molecule has 0 aromatic carbocycles. The van der Waals surface area contributed by atoms with Gasteiger partial charge in [0.05, 0.1) is 5.92 Å². The van der Waals surface area contributed by atoms with Gasteiger partial charge in [-0.25, -0.2) is 0 Å². The standard InChI is InChI=1S/C14H25F3N2O2/c1-3-19(4-2)9-8-18-13(12(20)21)7-5-6-11(10-13)14(15,16)17/h11,18H,3-10H2,1-2H3,(H,20,21). The number of alkyl halides is 3. The van der Waals surface area contributed by atoms with E-state index in [9.17, 15) is 23.1 Å². The first-order valence-electron chi connectivity index (χ1n) is 7.52. The molecule has 1 aliphatic carbocycles. The lowest BCUT2D eigenvalue weighted by atomic mass is 9.75. The second-order valence-electron chi connectivity index (χ2n) is 5.68. The number of aliphatic carboxylic acids is 1. The Kier molecular flexibility index (Phi) is 6.46. The minimum absolute atomic E-state index is 0.0241. The molecule has 0 bridgehead atoms. The minimum Gasteiger partial charge on any atom is -0.480 e. The SMILES string of the molecule is CCN(CC)CCNC1(C(=O)O)CCCC(C(F)(F)F)C1. The van der Waals surface area contributed by atoms with E-state index in [-0.39, 0.29) is 25.7 Å². The summed E-state index contributed by atoms with van der Waals surface area (Å²) in [5.41, 5.74) is -1.44. The maximum Gasteiger partial charge on any atom is 0.391 e. The zero-order valence-corrected chi connectivity index (χ0v) is 12.7. The van der Waals surface area contributed by atoms with E-state index < -0.39 is 23.6 Å². The average Bonchev–Trinajstić information content (AvgIpc) is 2.43. The number of hydrogen-bond acceptors (Lipinski definition) is 3. The summed E-state index contributed by atoms with van der Waals surface area (Å²) in [4.78, 5) is 13.6. The predicted octanol–water partition coefficient (Wildman–Crippen LogP) is 2.49. The van der Waals surface area contributed by atoms with Crippen LogP contribution in [0.4, 0.5) is 13.2 Å². The number of carbonyl (C=O) groups is 1. The predicted molar refractivity (Wildman–Crippen MR) is 74.2 cm³/mol. The van der Waals surface area contributed by atoms with E-state index in [4.69, 9.17) is 0 Å². The van der Waals surface area contributed by atoms with Gasteiger partial charge in [0.1, 0.15) is 5.54 Å². The molecule has 2 atom stereocenters. The third-order valence-corrected chi connectivity index (χ3v) is 4.41. The van der Waals surface area contributed by atoms with Crippen molar-refractivity contribution in [1.82, 2.24) is 10.2 Å². The van der Waals surface area contributed by atoms with E-state index in [2.05, 4.69) is 10.2 Å². The number of nitrogens with one attached hydrogen (secondary N) is 1. The van der Waals surface area contributed by atoms with E-state index in [1.807, 2.05) is 13.8 Å². The Morgan fingerprint density at radius 3 is 2.48 bits per heavy atom. The van der Waals surface area contributed by atoms with Crippen molar-refractivity contribution < 1.29 is 23.1 Å².